The molecule has 9 rings (SSSR count). The van der Waals surface area contributed by atoms with Crippen LogP contribution in [0.1, 0.15) is 124 Å². The second-order valence-electron chi connectivity index (χ2n) is 19.9. The zero-order chi connectivity index (χ0) is 49.9. The number of thiophene rings is 1. The van der Waals surface area contributed by atoms with Crippen LogP contribution in [0.15, 0.2) is 54.6 Å². The molecule has 6 fully saturated rings. The highest BCUT2D eigenvalue weighted by Gasteiger charge is 2.62. The number of alkyl halides is 6. The molecule has 5 heterocycles. The Balaban J connectivity index is 0.955. The van der Waals surface area contributed by atoms with Crippen molar-refractivity contribution in [3.63, 3.8) is 0 Å². The van der Waals surface area contributed by atoms with Crippen molar-refractivity contribution in [2.45, 2.75) is 163 Å². The van der Waals surface area contributed by atoms with Crippen LogP contribution in [0.25, 0.3) is 10.1 Å². The number of likely N-dealkylation sites (tertiary alicyclic amines) is 1. The number of hydrogen-bond acceptors (Lipinski definition) is 10. The minimum absolute atomic E-state index is 0.112. The maximum absolute atomic E-state index is 16.7. The van der Waals surface area contributed by atoms with Crippen LogP contribution in [0.4, 0.5) is 26.3 Å². The zero-order valence-electron chi connectivity index (χ0n) is 39.4. The summed E-state index contributed by atoms with van der Waals surface area (Å²) in [6, 6.07) is 10.8. The fraction of sp³-hybridized carbons (Fsp3) is 0.633. The number of benzene rings is 2. The smallest absolute Gasteiger partial charge is 0.464 e. The summed E-state index contributed by atoms with van der Waals surface area (Å²) in [5.74, 6) is -8.40. The van der Waals surface area contributed by atoms with Crippen LogP contribution in [0.2, 0.25) is 0 Å². The number of ether oxygens (including phenoxy) is 2. The molecule has 0 bridgehead atoms. The molecule has 21 heteroatoms. The number of hydrogen-bond donors (Lipinski definition) is 1. The molecule has 0 radical (unpaired) electrons. The van der Waals surface area contributed by atoms with Crippen LogP contribution >= 0.6 is 18.9 Å². The lowest BCUT2D eigenvalue weighted by Gasteiger charge is -2.47. The molecule has 4 saturated heterocycles. The standard InChI is InChI=1S/C49H60F6N5O8PS/c1-4-21-66-46(64)41-48(51,52)19-20-59(41)69(65,67-5-2)42(50)30-11-16-39-31(22-30)23-40(70-39)43(61)56-37-14-12-33(57(3)35-25-36(26-35)68-49(53,54)55)24-34-13-15-38(60(34)44(37)62)45(63)58-28-32(27-47(58)17-18-47)29-9-7-6-8-10-29/h6-11,16,22-23,32-38,41-42H,4-5,12-15,17-21,24-28H2,1-3H3,(H,56,61)/t32-,33+,34-,35?,36?,37+,38+,41?,42-,69?/m1/s1. The van der Waals surface area contributed by atoms with Crippen LogP contribution in [-0.4, -0.2) is 137 Å². The number of nitrogens with zero attached hydrogens (tertiary/aromatic N) is 4. The van der Waals surface area contributed by atoms with Gasteiger partial charge in [0.05, 0.1) is 24.2 Å². The number of carbonyl (C=O) groups is 4. The predicted molar refractivity (Wildman–Crippen MR) is 248 cm³/mol. The van der Waals surface area contributed by atoms with Crippen LogP contribution in [-0.2, 0) is 32.9 Å². The Labute approximate surface area is 407 Å². The van der Waals surface area contributed by atoms with Gasteiger partial charge in [0.2, 0.25) is 17.7 Å². The number of esters is 1. The van der Waals surface area contributed by atoms with E-state index in [9.17, 15) is 36.9 Å². The molecule has 3 amide bonds. The van der Waals surface area contributed by atoms with E-state index in [1.165, 1.54) is 31.2 Å². The van der Waals surface area contributed by atoms with Gasteiger partial charge in [-0.2, -0.15) is 0 Å². The molecule has 8 atom stereocenters. The minimum atomic E-state index is -4.82. The maximum Gasteiger partial charge on any atom is 0.522 e. The summed E-state index contributed by atoms with van der Waals surface area (Å²) in [6.07, 6.45) is -1.19. The lowest BCUT2D eigenvalue weighted by atomic mass is 9.85. The topological polar surface area (TPSA) is 138 Å². The van der Waals surface area contributed by atoms with E-state index in [-0.39, 0.29) is 84.3 Å². The van der Waals surface area contributed by atoms with E-state index in [4.69, 9.17) is 9.26 Å². The lowest BCUT2D eigenvalue weighted by Crippen LogP contribution is -2.60. The molecule has 4 aliphatic heterocycles. The summed E-state index contributed by atoms with van der Waals surface area (Å²) in [6.45, 7) is 2.60. The van der Waals surface area contributed by atoms with Crippen LogP contribution in [0.5, 0.6) is 0 Å². The SMILES string of the molecule is CCCOC(=O)C1N(P(=O)(OCC)[C@@H](F)c2ccc3sc(C(=O)N[C@H]4CC[C@H](N(C)C5CC(OC(F)(F)F)C5)C[C@H]5CC[C@@H](C(=O)N6C[C@H](c7ccccc7)CC67CC7)N5C4=O)cc3c2)CCC1(F)F. The Hall–Kier alpha value is -4.07. The van der Waals surface area contributed by atoms with Crippen LogP contribution in [0, 0.1) is 0 Å². The van der Waals surface area contributed by atoms with Crippen molar-refractivity contribution in [3.05, 3.63) is 70.6 Å². The highest BCUT2D eigenvalue weighted by molar-refractivity contribution is 7.56. The largest absolute Gasteiger partial charge is 0.522 e. The summed E-state index contributed by atoms with van der Waals surface area (Å²) in [5.41, 5.74) is 0.702. The third-order valence-corrected chi connectivity index (χ3v) is 19.3. The van der Waals surface area contributed by atoms with Crippen molar-refractivity contribution in [2.75, 3.05) is 33.4 Å². The maximum atomic E-state index is 16.7. The van der Waals surface area contributed by atoms with Crippen molar-refractivity contribution >= 4 is 52.6 Å². The number of rotatable bonds is 15. The normalized spacial score (nSPS) is 29.9. The summed E-state index contributed by atoms with van der Waals surface area (Å²) in [5, 5.41) is 3.31. The van der Waals surface area contributed by atoms with Gasteiger partial charge in [0.15, 0.2) is 6.04 Å². The number of nitrogens with one attached hydrogen (secondary N) is 1. The van der Waals surface area contributed by atoms with E-state index < -0.39 is 74.8 Å². The van der Waals surface area contributed by atoms with Crippen LogP contribution < -0.4 is 5.32 Å². The molecular formula is C49H60F6N5O8PS. The molecule has 2 saturated carbocycles. The van der Waals surface area contributed by atoms with E-state index in [0.29, 0.717) is 53.4 Å². The Morgan fingerprint density at radius 1 is 0.971 bits per heavy atom. The molecule has 3 aromatic rings. The highest BCUT2D eigenvalue weighted by Crippen LogP contribution is 2.67. The van der Waals surface area contributed by atoms with Gasteiger partial charge in [0, 0.05) is 53.8 Å². The molecule has 382 valence electrons. The van der Waals surface area contributed by atoms with E-state index in [2.05, 4.69) is 27.1 Å². The van der Waals surface area contributed by atoms with Gasteiger partial charge >= 0.3 is 19.9 Å². The average Bonchev–Trinajstić information content (AvgIpc) is 3.60. The van der Waals surface area contributed by atoms with Gasteiger partial charge in [0.25, 0.3) is 11.8 Å². The highest BCUT2D eigenvalue weighted by atomic mass is 32.1. The van der Waals surface area contributed by atoms with Gasteiger partial charge in [-0.15, -0.1) is 24.5 Å². The fourth-order valence-electron chi connectivity index (χ4n) is 11.7. The number of amides is 3. The molecule has 6 aliphatic rings. The molecule has 1 aromatic heterocycles. The summed E-state index contributed by atoms with van der Waals surface area (Å²) < 4.78 is 117. The van der Waals surface area contributed by atoms with Gasteiger partial charge in [-0.1, -0.05) is 43.3 Å². The second-order valence-corrected chi connectivity index (χ2v) is 23.4. The van der Waals surface area contributed by atoms with E-state index in [0.717, 1.165) is 36.2 Å². The first kappa shape index (κ1) is 50.9. The monoisotopic (exact) mass is 1020 g/mol. The molecular weight excluding hydrogens is 964 g/mol. The quantitative estimate of drug-likeness (QED) is 0.0891. The van der Waals surface area contributed by atoms with Crippen molar-refractivity contribution in [2.24, 2.45) is 0 Å². The fourth-order valence-corrected chi connectivity index (χ4v) is 15.0. The van der Waals surface area contributed by atoms with Crippen molar-refractivity contribution in [1.82, 2.24) is 24.7 Å². The lowest BCUT2D eigenvalue weighted by molar-refractivity contribution is -0.354. The second kappa shape index (κ2) is 19.7. The van der Waals surface area contributed by atoms with Crippen LogP contribution in [0.3, 0.4) is 0 Å². The van der Waals surface area contributed by atoms with Crippen molar-refractivity contribution < 1.29 is 64.1 Å². The Morgan fingerprint density at radius 2 is 1.71 bits per heavy atom. The van der Waals surface area contributed by atoms with Gasteiger partial charge < -0.3 is 29.3 Å². The first-order valence-corrected chi connectivity index (χ1v) is 26.9. The van der Waals surface area contributed by atoms with Crippen molar-refractivity contribution in [3.8, 4) is 0 Å². The van der Waals surface area contributed by atoms with Gasteiger partial charge in [-0.3, -0.25) is 28.5 Å². The molecule has 1 N–H and O–H groups in total. The molecule has 2 aliphatic carbocycles. The number of fused-ring (bicyclic) bond motifs is 2. The molecule has 2 unspecified atom stereocenters. The summed E-state index contributed by atoms with van der Waals surface area (Å²) >= 11 is 1.06. The summed E-state index contributed by atoms with van der Waals surface area (Å²) in [4.78, 5) is 62.8. The van der Waals surface area contributed by atoms with Gasteiger partial charge in [0.1, 0.15) is 12.1 Å². The molecule has 1 spiro atoms. The Kier molecular flexibility index (Phi) is 14.3. The van der Waals surface area contributed by atoms with Gasteiger partial charge in [-0.05, 0) is 119 Å². The molecule has 13 nitrogen and oxygen atoms in total. The van der Waals surface area contributed by atoms with E-state index in [1.807, 2.05) is 30.1 Å². The number of halogens is 6. The number of carbonyl (C=O) groups excluding carboxylic acids is 4. The minimum Gasteiger partial charge on any atom is -0.464 e. The van der Waals surface area contributed by atoms with Crippen molar-refractivity contribution in [1.29, 1.82) is 0 Å². The Bertz CT molecular complexity index is 2490. The Morgan fingerprint density at radius 3 is 2.40 bits per heavy atom. The van der Waals surface area contributed by atoms with E-state index in [1.54, 1.807) is 11.8 Å². The first-order chi connectivity index (χ1) is 33.3. The molecule has 70 heavy (non-hydrogen) atoms. The molecule has 2 aromatic carbocycles. The first-order valence-electron chi connectivity index (χ1n) is 24.4. The average molecular weight is 1020 g/mol. The third-order valence-electron chi connectivity index (χ3n) is 15.5. The zero-order valence-corrected chi connectivity index (χ0v) is 41.1. The van der Waals surface area contributed by atoms with E-state index >= 15 is 13.2 Å². The third kappa shape index (κ3) is 9.90. The predicted octanol–water partition coefficient (Wildman–Crippen LogP) is 9.32. The summed E-state index contributed by atoms with van der Waals surface area (Å²) in [7, 11) is -2.96. The van der Waals surface area contributed by atoms with Gasteiger partial charge in [-0.25, -0.2) is 17.8 Å².